The predicted molar refractivity (Wildman–Crippen MR) is 70.2 cm³/mol. The van der Waals surface area contributed by atoms with Crippen molar-refractivity contribution in [3.05, 3.63) is 0 Å². The fourth-order valence-corrected chi connectivity index (χ4v) is 2.29. The summed E-state index contributed by atoms with van der Waals surface area (Å²) in [5.74, 6) is -0.565. The summed E-state index contributed by atoms with van der Waals surface area (Å²) in [4.78, 5) is 22.9. The molecule has 1 fully saturated rings. The van der Waals surface area contributed by atoms with Gasteiger partial charge in [-0.15, -0.1) is 0 Å². The van der Waals surface area contributed by atoms with Crippen molar-refractivity contribution in [2.24, 2.45) is 11.3 Å². The second-order valence-corrected chi connectivity index (χ2v) is 5.92. The van der Waals surface area contributed by atoms with E-state index in [0.29, 0.717) is 13.0 Å². The summed E-state index contributed by atoms with van der Waals surface area (Å²) in [5.41, 5.74) is -0.767. The fraction of sp³-hybridized carbons (Fsp3) is 0.857. The third-order valence-electron chi connectivity index (χ3n) is 3.85. The minimum atomic E-state index is -0.814. The lowest BCUT2D eigenvalue weighted by molar-refractivity contribution is -0.147. The maximum absolute atomic E-state index is 11.9. The molecule has 0 aromatic heterocycles. The molecule has 0 unspecified atom stereocenters. The molecule has 1 aliphatic carbocycles. The fourth-order valence-electron chi connectivity index (χ4n) is 2.29. The highest BCUT2D eigenvalue weighted by atomic mass is 16.4. The molecule has 104 valence electrons. The van der Waals surface area contributed by atoms with Crippen LogP contribution in [0.15, 0.2) is 0 Å². The summed E-state index contributed by atoms with van der Waals surface area (Å²) in [6.45, 7) is 3.83. The van der Waals surface area contributed by atoms with E-state index in [9.17, 15) is 9.59 Å². The number of hydrogen-bond donors (Lipinski definition) is 2. The lowest BCUT2D eigenvalue weighted by Crippen LogP contribution is -2.35. The summed E-state index contributed by atoms with van der Waals surface area (Å²) < 4.78 is 0. The molecule has 0 aromatic rings. The maximum Gasteiger partial charge on any atom is 0.309 e. The van der Waals surface area contributed by atoms with Gasteiger partial charge in [-0.2, -0.15) is 0 Å². The Labute approximate surface area is 109 Å². The molecule has 0 spiro atoms. The molecular formula is C14H25NO3. The van der Waals surface area contributed by atoms with Gasteiger partial charge in [0.25, 0.3) is 0 Å². The second-order valence-electron chi connectivity index (χ2n) is 5.92. The molecule has 0 atom stereocenters. The zero-order valence-electron chi connectivity index (χ0n) is 11.5. The van der Waals surface area contributed by atoms with Gasteiger partial charge >= 0.3 is 5.97 Å². The van der Waals surface area contributed by atoms with Crippen molar-refractivity contribution in [1.29, 1.82) is 0 Å². The topological polar surface area (TPSA) is 66.4 Å². The molecule has 1 amide bonds. The van der Waals surface area contributed by atoms with Gasteiger partial charge in [-0.3, -0.25) is 9.59 Å². The molecule has 1 aliphatic rings. The summed E-state index contributed by atoms with van der Waals surface area (Å²) in [6, 6.07) is 0. The van der Waals surface area contributed by atoms with Gasteiger partial charge in [0.05, 0.1) is 5.41 Å². The Hall–Kier alpha value is -1.06. The van der Waals surface area contributed by atoms with E-state index < -0.39 is 11.4 Å². The number of carbonyl (C=O) groups is 2. The van der Waals surface area contributed by atoms with Crippen molar-refractivity contribution in [2.75, 3.05) is 6.54 Å². The van der Waals surface area contributed by atoms with E-state index in [2.05, 4.69) is 5.32 Å². The SMILES string of the molecule is CC(C)(CCNC(=O)C1CCCCCC1)C(=O)O. The first-order chi connectivity index (χ1) is 8.43. The first-order valence-corrected chi connectivity index (χ1v) is 6.94. The zero-order chi connectivity index (χ0) is 13.6. The van der Waals surface area contributed by atoms with Crippen molar-refractivity contribution >= 4 is 11.9 Å². The third-order valence-corrected chi connectivity index (χ3v) is 3.85. The number of rotatable bonds is 5. The van der Waals surface area contributed by atoms with Gasteiger partial charge in [0.15, 0.2) is 0 Å². The summed E-state index contributed by atoms with van der Waals surface area (Å²) >= 11 is 0. The Kier molecular flexibility index (Phi) is 5.63. The Morgan fingerprint density at radius 2 is 1.72 bits per heavy atom. The van der Waals surface area contributed by atoms with Gasteiger partial charge in [-0.05, 0) is 33.1 Å². The summed E-state index contributed by atoms with van der Waals surface area (Å²) in [5, 5.41) is 11.9. The van der Waals surface area contributed by atoms with Gasteiger partial charge in [-0.1, -0.05) is 25.7 Å². The average Bonchev–Trinajstić information content (AvgIpc) is 2.56. The lowest BCUT2D eigenvalue weighted by atomic mass is 9.89. The Balaban J connectivity index is 2.30. The van der Waals surface area contributed by atoms with Crippen LogP contribution in [0.5, 0.6) is 0 Å². The minimum Gasteiger partial charge on any atom is -0.481 e. The van der Waals surface area contributed by atoms with Crippen molar-refractivity contribution in [1.82, 2.24) is 5.32 Å². The summed E-state index contributed by atoms with van der Waals surface area (Å²) in [7, 11) is 0. The van der Waals surface area contributed by atoms with Crippen molar-refractivity contribution in [3.8, 4) is 0 Å². The van der Waals surface area contributed by atoms with E-state index in [0.717, 1.165) is 25.7 Å². The molecule has 0 radical (unpaired) electrons. The normalized spacial score (nSPS) is 18.1. The molecule has 0 saturated heterocycles. The quantitative estimate of drug-likeness (QED) is 0.742. The van der Waals surface area contributed by atoms with Crippen LogP contribution >= 0.6 is 0 Å². The molecule has 1 rings (SSSR count). The van der Waals surface area contributed by atoms with Crippen molar-refractivity contribution in [2.45, 2.75) is 58.8 Å². The molecule has 0 aliphatic heterocycles. The lowest BCUT2D eigenvalue weighted by Gasteiger charge is -2.20. The van der Waals surface area contributed by atoms with Crippen LogP contribution in [0, 0.1) is 11.3 Å². The standard InChI is InChI=1S/C14H25NO3/c1-14(2,13(17)18)9-10-15-12(16)11-7-5-3-4-6-8-11/h11H,3-10H2,1-2H3,(H,15,16)(H,17,18). The number of nitrogens with one attached hydrogen (secondary N) is 1. The van der Waals surface area contributed by atoms with E-state index >= 15 is 0 Å². The summed E-state index contributed by atoms with van der Waals surface area (Å²) in [6.07, 6.45) is 7.17. The van der Waals surface area contributed by atoms with Crippen molar-refractivity contribution in [3.63, 3.8) is 0 Å². The molecule has 0 bridgehead atoms. The molecule has 0 aromatic carbocycles. The predicted octanol–water partition coefficient (Wildman–Crippen LogP) is 2.57. The van der Waals surface area contributed by atoms with E-state index in [-0.39, 0.29) is 11.8 Å². The smallest absolute Gasteiger partial charge is 0.309 e. The number of aliphatic carboxylic acids is 1. The van der Waals surface area contributed by atoms with Crippen LogP contribution in [-0.4, -0.2) is 23.5 Å². The van der Waals surface area contributed by atoms with Gasteiger partial charge < -0.3 is 10.4 Å². The Morgan fingerprint density at radius 1 is 1.17 bits per heavy atom. The van der Waals surface area contributed by atoms with Crippen LogP contribution in [0.1, 0.15) is 58.8 Å². The molecule has 0 heterocycles. The third kappa shape index (κ3) is 4.67. The number of amides is 1. The Morgan fingerprint density at radius 3 is 2.22 bits per heavy atom. The molecular weight excluding hydrogens is 230 g/mol. The monoisotopic (exact) mass is 255 g/mol. The first-order valence-electron chi connectivity index (χ1n) is 6.94. The van der Waals surface area contributed by atoms with Crippen LogP contribution in [0.25, 0.3) is 0 Å². The average molecular weight is 255 g/mol. The van der Waals surface area contributed by atoms with Gasteiger partial charge in [0, 0.05) is 12.5 Å². The van der Waals surface area contributed by atoms with Crippen LogP contribution in [-0.2, 0) is 9.59 Å². The van der Waals surface area contributed by atoms with Crippen LogP contribution in [0.4, 0.5) is 0 Å². The molecule has 18 heavy (non-hydrogen) atoms. The number of carboxylic acids is 1. The van der Waals surface area contributed by atoms with E-state index in [1.165, 1.54) is 12.8 Å². The van der Waals surface area contributed by atoms with Crippen LogP contribution in [0.2, 0.25) is 0 Å². The highest BCUT2D eigenvalue weighted by molar-refractivity contribution is 5.78. The number of carbonyl (C=O) groups excluding carboxylic acids is 1. The van der Waals surface area contributed by atoms with E-state index in [4.69, 9.17) is 5.11 Å². The highest BCUT2D eigenvalue weighted by Gasteiger charge is 2.27. The van der Waals surface area contributed by atoms with Crippen LogP contribution in [0.3, 0.4) is 0 Å². The maximum atomic E-state index is 11.9. The second kappa shape index (κ2) is 6.76. The molecule has 1 saturated carbocycles. The number of hydrogen-bond acceptors (Lipinski definition) is 2. The van der Waals surface area contributed by atoms with Gasteiger partial charge in [0.1, 0.15) is 0 Å². The zero-order valence-corrected chi connectivity index (χ0v) is 11.5. The molecule has 2 N–H and O–H groups in total. The van der Waals surface area contributed by atoms with E-state index in [1.54, 1.807) is 13.8 Å². The number of carboxylic acid groups (broad SMARTS) is 1. The largest absolute Gasteiger partial charge is 0.481 e. The van der Waals surface area contributed by atoms with Crippen LogP contribution < -0.4 is 5.32 Å². The van der Waals surface area contributed by atoms with Gasteiger partial charge in [0.2, 0.25) is 5.91 Å². The minimum absolute atomic E-state index is 0.109. The van der Waals surface area contributed by atoms with Gasteiger partial charge in [-0.25, -0.2) is 0 Å². The Bertz CT molecular complexity index is 291. The molecule has 4 nitrogen and oxygen atoms in total. The van der Waals surface area contributed by atoms with E-state index in [1.807, 2.05) is 0 Å². The first kappa shape index (κ1) is 15.0. The van der Waals surface area contributed by atoms with Crippen molar-refractivity contribution < 1.29 is 14.7 Å². The highest BCUT2D eigenvalue weighted by Crippen LogP contribution is 2.23. The molecule has 4 heteroatoms.